The third kappa shape index (κ3) is 5.08. The number of nitrogens with zero attached hydrogens (tertiary/aromatic N) is 3. The number of aromatic nitrogens is 1. The molecule has 0 bridgehead atoms. The maximum Gasteiger partial charge on any atom is 0.271 e. The molecule has 3 aromatic carbocycles. The lowest BCUT2D eigenvalue weighted by atomic mass is 10.1. The number of anilines is 3. The summed E-state index contributed by atoms with van der Waals surface area (Å²) in [5, 5.41) is 4.07. The Bertz CT molecular complexity index is 1150. The molecule has 0 saturated carbocycles. The van der Waals surface area contributed by atoms with E-state index in [1.54, 1.807) is 30.7 Å². The number of benzene rings is 3. The first-order chi connectivity index (χ1) is 15.6. The summed E-state index contributed by atoms with van der Waals surface area (Å²) in [5.41, 5.74) is 9.59. The van der Waals surface area contributed by atoms with Gasteiger partial charge in [0.2, 0.25) is 0 Å². The van der Waals surface area contributed by atoms with Crippen molar-refractivity contribution >= 4 is 29.2 Å². The van der Waals surface area contributed by atoms with Crippen molar-refractivity contribution in [2.45, 2.75) is 13.8 Å². The molecule has 32 heavy (non-hydrogen) atoms. The highest BCUT2D eigenvalue weighted by atomic mass is 16.2. The van der Waals surface area contributed by atoms with Gasteiger partial charge in [0.05, 0.1) is 6.21 Å². The van der Waals surface area contributed by atoms with Crippen LogP contribution in [0.15, 0.2) is 102 Å². The zero-order valence-corrected chi connectivity index (χ0v) is 18.1. The maximum atomic E-state index is 12.1. The van der Waals surface area contributed by atoms with Crippen LogP contribution >= 0.6 is 0 Å². The molecule has 5 nitrogen and oxygen atoms in total. The van der Waals surface area contributed by atoms with Gasteiger partial charge in [-0.3, -0.25) is 9.78 Å². The van der Waals surface area contributed by atoms with Crippen LogP contribution in [0.25, 0.3) is 0 Å². The van der Waals surface area contributed by atoms with Crippen molar-refractivity contribution in [1.82, 2.24) is 10.4 Å². The average Bonchev–Trinajstić information content (AvgIpc) is 2.83. The number of aryl methyl sites for hydroxylation is 2. The maximum absolute atomic E-state index is 12.1. The Balaban J connectivity index is 1.54. The van der Waals surface area contributed by atoms with Gasteiger partial charge in [-0.15, -0.1) is 0 Å². The number of hydrogen-bond donors (Lipinski definition) is 1. The van der Waals surface area contributed by atoms with Gasteiger partial charge in [-0.25, -0.2) is 5.43 Å². The Morgan fingerprint density at radius 3 is 1.72 bits per heavy atom. The molecular weight excluding hydrogens is 396 g/mol. The third-order valence-corrected chi connectivity index (χ3v) is 5.06. The van der Waals surface area contributed by atoms with Crippen molar-refractivity contribution in [3.8, 4) is 0 Å². The lowest BCUT2D eigenvalue weighted by molar-refractivity contribution is 0.0955. The summed E-state index contributed by atoms with van der Waals surface area (Å²) in [4.78, 5) is 18.2. The number of rotatable bonds is 6. The highest BCUT2D eigenvalue weighted by molar-refractivity contribution is 5.94. The van der Waals surface area contributed by atoms with Gasteiger partial charge in [-0.05, 0) is 67.9 Å². The van der Waals surface area contributed by atoms with E-state index in [0.717, 1.165) is 22.6 Å². The second kappa shape index (κ2) is 9.71. The van der Waals surface area contributed by atoms with Crippen molar-refractivity contribution in [1.29, 1.82) is 0 Å². The van der Waals surface area contributed by atoms with Gasteiger partial charge >= 0.3 is 0 Å². The first-order valence-electron chi connectivity index (χ1n) is 10.4. The van der Waals surface area contributed by atoms with Gasteiger partial charge in [0.25, 0.3) is 5.91 Å². The predicted molar refractivity (Wildman–Crippen MR) is 130 cm³/mol. The van der Waals surface area contributed by atoms with Crippen LogP contribution < -0.4 is 10.3 Å². The van der Waals surface area contributed by atoms with Crippen molar-refractivity contribution in [3.05, 3.63) is 120 Å². The van der Waals surface area contributed by atoms with Crippen LogP contribution in [0.3, 0.4) is 0 Å². The van der Waals surface area contributed by atoms with Gasteiger partial charge in [-0.2, -0.15) is 5.10 Å². The van der Waals surface area contributed by atoms with Crippen LogP contribution in [0, 0.1) is 13.8 Å². The second-order valence-corrected chi connectivity index (χ2v) is 7.53. The van der Waals surface area contributed by atoms with Crippen LogP contribution in [-0.4, -0.2) is 17.1 Å². The summed E-state index contributed by atoms with van der Waals surface area (Å²) >= 11 is 0. The molecule has 0 radical (unpaired) electrons. The zero-order valence-electron chi connectivity index (χ0n) is 18.1. The molecular formula is C27H24N4O. The van der Waals surface area contributed by atoms with Gasteiger partial charge in [0.1, 0.15) is 0 Å². The summed E-state index contributed by atoms with van der Waals surface area (Å²) in [6.07, 6.45) is 4.78. The molecule has 1 amide bonds. The molecule has 0 saturated heterocycles. The number of carbonyl (C=O) groups excluding carboxylic acids is 1. The van der Waals surface area contributed by atoms with E-state index in [0.29, 0.717) is 5.56 Å². The molecule has 0 fully saturated rings. The number of carbonyl (C=O) groups is 1. The highest BCUT2D eigenvalue weighted by Crippen LogP contribution is 2.34. The lowest BCUT2D eigenvalue weighted by Gasteiger charge is -2.25. The first kappa shape index (κ1) is 21.0. The summed E-state index contributed by atoms with van der Waals surface area (Å²) < 4.78 is 0. The van der Waals surface area contributed by atoms with Gasteiger partial charge in [-0.1, -0.05) is 47.5 Å². The van der Waals surface area contributed by atoms with Crippen LogP contribution in [-0.2, 0) is 0 Å². The number of hydrogen-bond acceptors (Lipinski definition) is 4. The molecule has 0 aliphatic heterocycles. The van der Waals surface area contributed by atoms with E-state index in [1.165, 1.54) is 11.1 Å². The zero-order chi connectivity index (χ0) is 22.3. The van der Waals surface area contributed by atoms with E-state index in [-0.39, 0.29) is 5.91 Å². The van der Waals surface area contributed by atoms with E-state index in [2.05, 4.69) is 82.8 Å². The Labute approximate surface area is 188 Å². The van der Waals surface area contributed by atoms with Gasteiger partial charge < -0.3 is 4.90 Å². The van der Waals surface area contributed by atoms with Crippen LogP contribution in [0.2, 0.25) is 0 Å². The van der Waals surface area contributed by atoms with Gasteiger partial charge in [0, 0.05) is 35.0 Å². The van der Waals surface area contributed by atoms with Crippen molar-refractivity contribution in [3.63, 3.8) is 0 Å². The minimum absolute atomic E-state index is 0.273. The normalized spacial score (nSPS) is 10.8. The van der Waals surface area contributed by atoms with E-state index < -0.39 is 0 Å². The quantitative estimate of drug-likeness (QED) is 0.311. The number of pyridine rings is 1. The Hall–Kier alpha value is -4.25. The predicted octanol–water partition coefficient (Wildman–Crippen LogP) is 5.93. The highest BCUT2D eigenvalue weighted by Gasteiger charge is 2.12. The van der Waals surface area contributed by atoms with E-state index in [1.807, 2.05) is 24.3 Å². The smallest absolute Gasteiger partial charge is 0.271 e. The molecule has 0 aliphatic carbocycles. The number of nitrogens with one attached hydrogen (secondary N) is 1. The molecule has 4 aromatic rings. The summed E-state index contributed by atoms with van der Waals surface area (Å²) in [6.45, 7) is 4.17. The SMILES string of the molecule is Cc1ccc(N(c2ccc(C)cc2)c2ccc(/C=N/NC(=O)c3ccncc3)cc2)cc1. The second-order valence-electron chi connectivity index (χ2n) is 7.53. The largest absolute Gasteiger partial charge is 0.311 e. The van der Waals surface area contributed by atoms with Crippen molar-refractivity contribution in [2.75, 3.05) is 4.90 Å². The fourth-order valence-corrected chi connectivity index (χ4v) is 3.28. The minimum atomic E-state index is -0.273. The molecule has 158 valence electrons. The Kier molecular flexibility index (Phi) is 6.37. The number of amides is 1. The summed E-state index contributed by atoms with van der Waals surface area (Å²) in [5.74, 6) is -0.273. The molecule has 5 heteroatoms. The fraction of sp³-hybridized carbons (Fsp3) is 0.0741. The number of hydrazone groups is 1. The van der Waals surface area contributed by atoms with Crippen LogP contribution in [0.1, 0.15) is 27.0 Å². The van der Waals surface area contributed by atoms with Crippen LogP contribution in [0.4, 0.5) is 17.1 Å². The summed E-state index contributed by atoms with van der Waals surface area (Å²) in [6, 6.07) is 28.3. The Morgan fingerprint density at radius 1 is 0.750 bits per heavy atom. The summed E-state index contributed by atoms with van der Waals surface area (Å²) in [7, 11) is 0. The van der Waals surface area contributed by atoms with Crippen molar-refractivity contribution in [2.24, 2.45) is 5.10 Å². The third-order valence-electron chi connectivity index (χ3n) is 5.06. The van der Waals surface area contributed by atoms with E-state index >= 15 is 0 Å². The van der Waals surface area contributed by atoms with Crippen molar-refractivity contribution < 1.29 is 4.79 Å². The van der Waals surface area contributed by atoms with Crippen LogP contribution in [0.5, 0.6) is 0 Å². The van der Waals surface area contributed by atoms with Gasteiger partial charge in [0.15, 0.2) is 0 Å². The van der Waals surface area contributed by atoms with E-state index in [4.69, 9.17) is 0 Å². The van der Waals surface area contributed by atoms with E-state index in [9.17, 15) is 4.79 Å². The molecule has 0 unspecified atom stereocenters. The lowest BCUT2D eigenvalue weighted by Crippen LogP contribution is -2.17. The Morgan fingerprint density at radius 2 is 1.22 bits per heavy atom. The molecule has 1 aromatic heterocycles. The molecule has 1 N–H and O–H groups in total. The molecule has 0 atom stereocenters. The fourth-order valence-electron chi connectivity index (χ4n) is 3.28. The molecule has 0 spiro atoms. The molecule has 4 rings (SSSR count). The first-order valence-corrected chi connectivity index (χ1v) is 10.4. The standard InChI is InChI=1S/C27H24N4O/c1-20-3-9-24(10-4-20)31(25-11-5-21(2)6-12-25)26-13-7-22(8-14-26)19-29-30-27(32)23-15-17-28-18-16-23/h3-19H,1-2H3,(H,30,32)/b29-19+. The monoisotopic (exact) mass is 420 g/mol. The topological polar surface area (TPSA) is 57.6 Å². The minimum Gasteiger partial charge on any atom is -0.311 e. The average molecular weight is 421 g/mol. The molecule has 1 heterocycles. The molecule has 0 aliphatic rings.